The monoisotopic (exact) mass is 426 g/mol. The molecule has 30 heavy (non-hydrogen) atoms. The van der Waals surface area contributed by atoms with E-state index in [0.717, 1.165) is 18.5 Å². The second-order valence-corrected chi connectivity index (χ2v) is 7.25. The summed E-state index contributed by atoms with van der Waals surface area (Å²) in [5.41, 5.74) is 1.27. The van der Waals surface area contributed by atoms with Gasteiger partial charge in [0.25, 0.3) is 5.91 Å². The minimum atomic E-state index is -5.08. The van der Waals surface area contributed by atoms with E-state index in [1.807, 2.05) is 11.9 Å². The van der Waals surface area contributed by atoms with Crippen LogP contribution in [0.2, 0.25) is 0 Å². The predicted octanol–water partition coefficient (Wildman–Crippen LogP) is 1.85. The highest BCUT2D eigenvalue weighted by Gasteiger charge is 2.38. The highest BCUT2D eigenvalue weighted by atomic mass is 19.4. The van der Waals surface area contributed by atoms with E-state index in [0.29, 0.717) is 29.5 Å². The van der Waals surface area contributed by atoms with Gasteiger partial charge < -0.3 is 15.3 Å². The van der Waals surface area contributed by atoms with Crippen LogP contribution in [0, 0.1) is 0 Å². The number of aliphatic carboxylic acids is 1. The van der Waals surface area contributed by atoms with Crippen molar-refractivity contribution in [3.8, 4) is 11.5 Å². The summed E-state index contributed by atoms with van der Waals surface area (Å²) in [5, 5.41) is 17.4. The minimum absolute atomic E-state index is 0.00698. The summed E-state index contributed by atoms with van der Waals surface area (Å²) in [6.45, 7) is 0. The normalized spacial score (nSPS) is 22.7. The average molecular weight is 426 g/mol. The lowest BCUT2D eigenvalue weighted by molar-refractivity contribution is -0.192. The average Bonchev–Trinajstić information content (AvgIpc) is 3.36. The van der Waals surface area contributed by atoms with Crippen molar-refractivity contribution in [2.24, 2.45) is 0 Å². The minimum Gasteiger partial charge on any atom is -0.475 e. The van der Waals surface area contributed by atoms with Gasteiger partial charge in [-0.3, -0.25) is 9.89 Å². The molecule has 162 valence electrons. The van der Waals surface area contributed by atoms with E-state index < -0.39 is 12.1 Å². The Balaban J connectivity index is 0.000000318. The zero-order valence-corrected chi connectivity index (χ0v) is 16.1. The van der Waals surface area contributed by atoms with Crippen LogP contribution in [0.5, 0.6) is 0 Å². The van der Waals surface area contributed by atoms with Crippen molar-refractivity contribution in [2.75, 3.05) is 7.05 Å². The van der Waals surface area contributed by atoms with Crippen molar-refractivity contribution in [2.45, 2.75) is 50.0 Å². The first-order valence-corrected chi connectivity index (χ1v) is 9.30. The van der Waals surface area contributed by atoms with Crippen LogP contribution in [0.4, 0.5) is 13.2 Å². The number of carboxylic acids is 1. The Kier molecular flexibility index (Phi) is 6.34. The van der Waals surface area contributed by atoms with Crippen molar-refractivity contribution in [3.63, 3.8) is 0 Å². The number of aromatic amines is 1. The molecule has 0 aliphatic carbocycles. The quantitative estimate of drug-likeness (QED) is 0.684. The third-order valence-electron chi connectivity index (χ3n) is 5.20. The number of H-pyrrole nitrogens is 1. The molecular formula is C18H21F3N6O3. The Morgan fingerprint density at radius 2 is 1.73 bits per heavy atom. The summed E-state index contributed by atoms with van der Waals surface area (Å²) < 4.78 is 31.7. The molecule has 0 spiro atoms. The van der Waals surface area contributed by atoms with Gasteiger partial charge in [-0.05, 0) is 31.7 Å². The van der Waals surface area contributed by atoms with Crippen LogP contribution >= 0.6 is 0 Å². The first-order chi connectivity index (χ1) is 14.1. The van der Waals surface area contributed by atoms with E-state index in [4.69, 9.17) is 9.90 Å². The van der Waals surface area contributed by atoms with E-state index in [9.17, 15) is 18.0 Å². The molecule has 2 aliphatic heterocycles. The van der Waals surface area contributed by atoms with Crippen LogP contribution in [-0.4, -0.2) is 73.4 Å². The fourth-order valence-corrected chi connectivity index (χ4v) is 3.67. The molecule has 4 rings (SSSR count). The molecule has 1 amide bonds. The highest BCUT2D eigenvalue weighted by Crippen LogP contribution is 2.29. The molecule has 0 aromatic carbocycles. The molecule has 2 aromatic heterocycles. The van der Waals surface area contributed by atoms with Gasteiger partial charge in [-0.25, -0.2) is 14.8 Å². The van der Waals surface area contributed by atoms with E-state index >= 15 is 0 Å². The highest BCUT2D eigenvalue weighted by molar-refractivity contribution is 5.93. The predicted molar refractivity (Wildman–Crippen MR) is 98.4 cm³/mol. The van der Waals surface area contributed by atoms with Crippen LogP contribution < -0.4 is 5.32 Å². The van der Waals surface area contributed by atoms with Gasteiger partial charge in [0.1, 0.15) is 5.69 Å². The van der Waals surface area contributed by atoms with Crippen LogP contribution in [0.3, 0.4) is 0 Å². The van der Waals surface area contributed by atoms with Crippen LogP contribution in [0.1, 0.15) is 36.0 Å². The van der Waals surface area contributed by atoms with E-state index in [1.54, 1.807) is 24.7 Å². The fourth-order valence-electron chi connectivity index (χ4n) is 3.67. The Bertz CT molecular complexity index is 860. The summed E-state index contributed by atoms with van der Waals surface area (Å²) in [4.78, 5) is 32.0. The summed E-state index contributed by atoms with van der Waals surface area (Å²) in [6, 6.07) is 3.22. The molecule has 0 radical (unpaired) electrons. The molecule has 9 nitrogen and oxygen atoms in total. The van der Waals surface area contributed by atoms with Crippen molar-refractivity contribution in [1.29, 1.82) is 0 Å². The summed E-state index contributed by atoms with van der Waals surface area (Å²) in [7, 11) is 1.89. The number of carboxylic acid groups (broad SMARTS) is 1. The second kappa shape index (κ2) is 8.78. The van der Waals surface area contributed by atoms with Crippen molar-refractivity contribution >= 4 is 11.9 Å². The summed E-state index contributed by atoms with van der Waals surface area (Å²) in [5.74, 6) is -2.22. The van der Waals surface area contributed by atoms with Crippen LogP contribution in [-0.2, 0) is 4.79 Å². The number of rotatable bonds is 3. The largest absolute Gasteiger partial charge is 0.490 e. The fraction of sp³-hybridized carbons (Fsp3) is 0.500. The van der Waals surface area contributed by atoms with Crippen molar-refractivity contribution < 1.29 is 27.9 Å². The molecule has 2 fully saturated rings. The number of alkyl halides is 3. The maximum absolute atomic E-state index is 12.7. The topological polar surface area (TPSA) is 124 Å². The third kappa shape index (κ3) is 5.12. The maximum Gasteiger partial charge on any atom is 0.490 e. The number of halogens is 3. The molecule has 2 aliphatic rings. The molecular weight excluding hydrogens is 405 g/mol. The third-order valence-corrected chi connectivity index (χ3v) is 5.20. The standard InChI is InChI=1S/C16H20N6O.C2HF3O2/c1-22(13-6-11-2-3-12(7-13)20-11)16(23)10-8-17-15(18-9-10)14-4-5-19-21-14;3-2(4,5)1(6)7/h4-5,8-9,11-13,20H,2-3,6-7H2,1H3,(H,19,21);(H,6,7)/t11-,12+,13?;. The zero-order valence-electron chi connectivity index (χ0n) is 16.1. The molecule has 4 heterocycles. The summed E-state index contributed by atoms with van der Waals surface area (Å²) in [6.07, 6.45) is 4.28. The first kappa shape index (κ1) is 21.7. The molecule has 3 N–H and O–H groups in total. The van der Waals surface area contributed by atoms with Gasteiger partial charge in [0.15, 0.2) is 5.82 Å². The first-order valence-electron chi connectivity index (χ1n) is 9.30. The number of carbonyl (C=O) groups excluding carboxylic acids is 1. The maximum atomic E-state index is 12.7. The number of aromatic nitrogens is 4. The number of hydrogen-bond donors (Lipinski definition) is 3. The summed E-state index contributed by atoms with van der Waals surface area (Å²) >= 11 is 0. The van der Waals surface area contributed by atoms with E-state index in [2.05, 4.69) is 25.5 Å². The Labute approximate surface area is 169 Å². The van der Waals surface area contributed by atoms with Crippen LogP contribution in [0.25, 0.3) is 11.5 Å². The zero-order chi connectivity index (χ0) is 21.9. The Hall–Kier alpha value is -3.02. The van der Waals surface area contributed by atoms with Gasteiger partial charge in [-0.15, -0.1) is 0 Å². The number of nitrogens with one attached hydrogen (secondary N) is 2. The Morgan fingerprint density at radius 3 is 2.20 bits per heavy atom. The van der Waals surface area contributed by atoms with Crippen molar-refractivity contribution in [3.05, 3.63) is 30.2 Å². The number of piperidine rings is 1. The van der Waals surface area contributed by atoms with Crippen LogP contribution in [0.15, 0.2) is 24.7 Å². The molecule has 2 bridgehead atoms. The smallest absolute Gasteiger partial charge is 0.475 e. The number of fused-ring (bicyclic) bond motifs is 2. The Morgan fingerprint density at radius 1 is 1.17 bits per heavy atom. The number of nitrogens with zero attached hydrogens (tertiary/aromatic N) is 4. The van der Waals surface area contributed by atoms with E-state index in [-0.39, 0.29) is 5.91 Å². The lowest BCUT2D eigenvalue weighted by atomic mass is 9.98. The van der Waals surface area contributed by atoms with Crippen molar-refractivity contribution in [1.82, 2.24) is 30.4 Å². The number of amides is 1. The number of carbonyl (C=O) groups is 2. The van der Waals surface area contributed by atoms with Gasteiger partial charge in [0, 0.05) is 43.8 Å². The van der Waals surface area contributed by atoms with Gasteiger partial charge in [-0.1, -0.05) is 0 Å². The molecule has 1 unspecified atom stereocenters. The molecule has 0 saturated carbocycles. The second-order valence-electron chi connectivity index (χ2n) is 7.25. The van der Waals surface area contributed by atoms with E-state index in [1.165, 1.54) is 12.8 Å². The number of hydrogen-bond acceptors (Lipinski definition) is 6. The molecule has 12 heteroatoms. The van der Waals surface area contributed by atoms with Gasteiger partial charge in [0.05, 0.1) is 5.56 Å². The molecule has 2 saturated heterocycles. The SMILES string of the molecule is CN(C(=O)c1cnc(-c2ccn[nH]2)nc1)C1C[C@H]2CC[C@@H](C1)N2.O=C(O)C(F)(F)F. The molecule has 3 atom stereocenters. The van der Waals surface area contributed by atoms with Gasteiger partial charge in [-0.2, -0.15) is 18.3 Å². The lowest BCUT2D eigenvalue weighted by Gasteiger charge is -2.35. The van der Waals surface area contributed by atoms with Gasteiger partial charge in [0.2, 0.25) is 0 Å². The van der Waals surface area contributed by atoms with Gasteiger partial charge >= 0.3 is 12.1 Å². The lowest BCUT2D eigenvalue weighted by Crippen LogP contribution is -2.48. The molecule has 2 aromatic rings.